The van der Waals surface area contributed by atoms with E-state index in [4.69, 9.17) is 0 Å². The van der Waals surface area contributed by atoms with Gasteiger partial charge < -0.3 is 9.97 Å². The normalized spacial score (nSPS) is 12.3. The number of benzene rings is 1. The van der Waals surface area contributed by atoms with Crippen LogP contribution in [0.1, 0.15) is 26.5 Å². The average molecular weight is 292 g/mol. The molecule has 110 valence electrons. The van der Waals surface area contributed by atoms with Crippen LogP contribution in [0.2, 0.25) is 0 Å². The maximum atomic E-state index is 4.59. The van der Waals surface area contributed by atoms with E-state index in [0.717, 1.165) is 39.3 Å². The molecule has 0 bridgehead atoms. The second-order valence-corrected chi connectivity index (χ2v) is 6.41. The Hall–Kier alpha value is -2.76. The number of rotatable bonds is 1. The van der Waals surface area contributed by atoms with Gasteiger partial charge in [0.25, 0.3) is 0 Å². The summed E-state index contributed by atoms with van der Waals surface area (Å²) in [6.45, 7) is 6.35. The molecular weight excluding hydrogens is 276 g/mol. The summed E-state index contributed by atoms with van der Waals surface area (Å²) in [5.74, 6) is 0.718. The lowest BCUT2D eigenvalue weighted by Crippen LogP contribution is -2.13. The van der Waals surface area contributed by atoms with Crippen molar-refractivity contribution >= 4 is 22.1 Å². The van der Waals surface area contributed by atoms with E-state index in [1.807, 2.05) is 18.3 Å². The van der Waals surface area contributed by atoms with Gasteiger partial charge in [-0.15, -0.1) is 0 Å². The number of fused-ring (bicyclic) bond motifs is 2. The molecule has 3 aromatic heterocycles. The van der Waals surface area contributed by atoms with E-state index in [1.165, 1.54) is 0 Å². The summed E-state index contributed by atoms with van der Waals surface area (Å²) < 4.78 is 0. The molecule has 22 heavy (non-hydrogen) atoms. The summed E-state index contributed by atoms with van der Waals surface area (Å²) in [7, 11) is 0. The van der Waals surface area contributed by atoms with Crippen molar-refractivity contribution < 1.29 is 0 Å². The first kappa shape index (κ1) is 12.9. The van der Waals surface area contributed by atoms with Crippen LogP contribution in [0.5, 0.6) is 0 Å². The molecule has 0 spiro atoms. The summed E-state index contributed by atoms with van der Waals surface area (Å²) in [5, 5.41) is 0. The third-order valence-electron chi connectivity index (χ3n) is 3.69. The molecule has 4 aromatic rings. The molecule has 0 aliphatic heterocycles. The van der Waals surface area contributed by atoms with Gasteiger partial charge in [-0.1, -0.05) is 20.8 Å². The summed E-state index contributed by atoms with van der Waals surface area (Å²) in [6, 6.07) is 3.96. The molecule has 6 nitrogen and oxygen atoms in total. The lowest BCUT2D eigenvalue weighted by molar-refractivity contribution is 0.565. The third kappa shape index (κ3) is 2.04. The Labute approximate surface area is 127 Å². The standard InChI is InChI=1S/C16H16N6/c1-16(2,3)14-7-17-13(6-18-14)15-21-11-4-9-10(20-8-19-9)5-12(11)22-15/h4-8H,1-3H3,(H,19,20)(H,21,22). The summed E-state index contributed by atoms with van der Waals surface area (Å²) in [4.78, 5) is 24.2. The lowest BCUT2D eigenvalue weighted by Gasteiger charge is -2.16. The van der Waals surface area contributed by atoms with E-state index in [1.54, 1.807) is 12.5 Å². The predicted molar refractivity (Wildman–Crippen MR) is 85.5 cm³/mol. The highest BCUT2D eigenvalue weighted by Crippen LogP contribution is 2.24. The average Bonchev–Trinajstić information content (AvgIpc) is 3.09. The number of aromatic nitrogens is 6. The second kappa shape index (κ2) is 4.37. The topological polar surface area (TPSA) is 83.1 Å². The molecule has 0 atom stereocenters. The molecule has 0 amide bonds. The van der Waals surface area contributed by atoms with Crippen LogP contribution in [0.25, 0.3) is 33.6 Å². The van der Waals surface area contributed by atoms with Crippen molar-refractivity contribution in [1.29, 1.82) is 0 Å². The van der Waals surface area contributed by atoms with Gasteiger partial charge in [0.1, 0.15) is 5.69 Å². The van der Waals surface area contributed by atoms with Crippen LogP contribution in [0.3, 0.4) is 0 Å². The van der Waals surface area contributed by atoms with Crippen molar-refractivity contribution in [2.45, 2.75) is 26.2 Å². The number of imidazole rings is 2. The highest BCUT2D eigenvalue weighted by molar-refractivity contribution is 5.92. The van der Waals surface area contributed by atoms with Gasteiger partial charge in [-0.2, -0.15) is 0 Å². The summed E-state index contributed by atoms with van der Waals surface area (Å²) in [6.07, 6.45) is 5.26. The number of hydrogen-bond donors (Lipinski definition) is 2. The van der Waals surface area contributed by atoms with Crippen LogP contribution < -0.4 is 0 Å². The molecule has 0 unspecified atom stereocenters. The van der Waals surface area contributed by atoms with Gasteiger partial charge in [-0.05, 0) is 12.1 Å². The molecule has 1 aromatic carbocycles. The number of hydrogen-bond acceptors (Lipinski definition) is 4. The molecule has 0 saturated heterocycles. The maximum absolute atomic E-state index is 4.59. The largest absolute Gasteiger partial charge is 0.345 e. The molecule has 0 fully saturated rings. The first-order valence-corrected chi connectivity index (χ1v) is 7.16. The zero-order valence-corrected chi connectivity index (χ0v) is 12.7. The van der Waals surface area contributed by atoms with Gasteiger partial charge in [0.2, 0.25) is 0 Å². The van der Waals surface area contributed by atoms with E-state index < -0.39 is 0 Å². The lowest BCUT2D eigenvalue weighted by atomic mass is 9.93. The Morgan fingerprint density at radius 1 is 0.909 bits per heavy atom. The quantitative estimate of drug-likeness (QED) is 0.564. The monoisotopic (exact) mass is 292 g/mol. The van der Waals surface area contributed by atoms with Crippen LogP contribution in [-0.2, 0) is 5.41 Å². The fraction of sp³-hybridized carbons (Fsp3) is 0.250. The molecule has 0 aliphatic rings. The molecule has 3 heterocycles. The van der Waals surface area contributed by atoms with E-state index >= 15 is 0 Å². The van der Waals surface area contributed by atoms with Gasteiger partial charge in [0.05, 0.1) is 40.3 Å². The van der Waals surface area contributed by atoms with Crippen LogP contribution in [-0.4, -0.2) is 29.9 Å². The van der Waals surface area contributed by atoms with Crippen LogP contribution >= 0.6 is 0 Å². The Morgan fingerprint density at radius 3 is 2.50 bits per heavy atom. The summed E-state index contributed by atoms with van der Waals surface area (Å²) >= 11 is 0. The van der Waals surface area contributed by atoms with Crippen LogP contribution in [0.15, 0.2) is 30.9 Å². The van der Waals surface area contributed by atoms with Crippen molar-refractivity contribution in [1.82, 2.24) is 29.9 Å². The highest BCUT2D eigenvalue weighted by atomic mass is 15.0. The number of nitrogens with zero attached hydrogens (tertiary/aromatic N) is 4. The fourth-order valence-corrected chi connectivity index (χ4v) is 2.40. The number of H-pyrrole nitrogens is 2. The van der Waals surface area contributed by atoms with E-state index in [-0.39, 0.29) is 5.41 Å². The molecule has 4 rings (SSSR count). The Bertz CT molecular complexity index is 908. The Morgan fingerprint density at radius 2 is 1.77 bits per heavy atom. The summed E-state index contributed by atoms with van der Waals surface area (Å²) in [5.41, 5.74) is 5.40. The number of nitrogens with one attached hydrogen (secondary N) is 2. The van der Waals surface area contributed by atoms with Crippen LogP contribution in [0, 0.1) is 0 Å². The zero-order chi connectivity index (χ0) is 15.3. The van der Waals surface area contributed by atoms with Gasteiger partial charge in [-0.25, -0.2) is 15.0 Å². The molecule has 0 aliphatic carbocycles. The first-order chi connectivity index (χ1) is 10.5. The molecule has 2 N–H and O–H groups in total. The van der Waals surface area contributed by atoms with Crippen molar-refractivity contribution in [2.75, 3.05) is 0 Å². The van der Waals surface area contributed by atoms with Crippen molar-refractivity contribution in [2.24, 2.45) is 0 Å². The number of aromatic amines is 2. The van der Waals surface area contributed by atoms with Crippen molar-refractivity contribution in [3.8, 4) is 11.5 Å². The molecule has 0 radical (unpaired) electrons. The van der Waals surface area contributed by atoms with Gasteiger partial charge in [0.15, 0.2) is 5.82 Å². The highest BCUT2D eigenvalue weighted by Gasteiger charge is 2.16. The smallest absolute Gasteiger partial charge is 0.158 e. The molecule has 6 heteroatoms. The minimum atomic E-state index is -0.0100. The van der Waals surface area contributed by atoms with Crippen LogP contribution in [0.4, 0.5) is 0 Å². The van der Waals surface area contributed by atoms with Crippen molar-refractivity contribution in [3.05, 3.63) is 36.5 Å². The minimum Gasteiger partial charge on any atom is -0.345 e. The third-order valence-corrected chi connectivity index (χ3v) is 3.69. The zero-order valence-electron chi connectivity index (χ0n) is 12.7. The Kier molecular flexibility index (Phi) is 2.57. The van der Waals surface area contributed by atoms with E-state index in [0.29, 0.717) is 0 Å². The Balaban J connectivity index is 1.80. The fourth-order valence-electron chi connectivity index (χ4n) is 2.40. The van der Waals surface area contributed by atoms with Gasteiger partial charge in [0, 0.05) is 11.6 Å². The van der Waals surface area contributed by atoms with Gasteiger partial charge >= 0.3 is 0 Å². The minimum absolute atomic E-state index is 0.0100. The maximum Gasteiger partial charge on any atom is 0.158 e. The predicted octanol–water partition coefficient (Wildman–Crippen LogP) is 3.19. The van der Waals surface area contributed by atoms with Gasteiger partial charge in [-0.3, -0.25) is 4.98 Å². The molecular formula is C16H16N6. The SMILES string of the molecule is CC(C)(C)c1cnc(-c2nc3cc4nc[nH]c4cc3[nH]2)cn1. The van der Waals surface area contributed by atoms with E-state index in [9.17, 15) is 0 Å². The second-order valence-electron chi connectivity index (χ2n) is 6.41. The van der Waals surface area contributed by atoms with Crippen molar-refractivity contribution in [3.63, 3.8) is 0 Å². The first-order valence-electron chi connectivity index (χ1n) is 7.16. The van der Waals surface area contributed by atoms with E-state index in [2.05, 4.69) is 50.7 Å². The molecule has 0 saturated carbocycles.